The summed E-state index contributed by atoms with van der Waals surface area (Å²) in [5.41, 5.74) is -0.344. The molecule has 1 heteroatoms. The molecule has 84 valence electrons. The summed E-state index contributed by atoms with van der Waals surface area (Å²) >= 11 is 0. The maximum Gasteiger partial charge on any atom is 0.0675 e. The number of aliphatic hydroxyl groups is 1. The number of rotatable bonds is 4. The van der Waals surface area contributed by atoms with Gasteiger partial charge in [-0.1, -0.05) is 40.5 Å². The predicted octanol–water partition coefficient (Wildman–Crippen LogP) is 3.61. The van der Waals surface area contributed by atoms with Crippen molar-refractivity contribution in [1.82, 2.24) is 0 Å². The van der Waals surface area contributed by atoms with Crippen molar-refractivity contribution in [3.63, 3.8) is 0 Å². The molecule has 1 aliphatic rings. The zero-order valence-corrected chi connectivity index (χ0v) is 10.2. The first-order valence-electron chi connectivity index (χ1n) is 6.27. The first kappa shape index (κ1) is 12.0. The van der Waals surface area contributed by atoms with Crippen LogP contribution in [0.3, 0.4) is 0 Å². The number of hydrogen-bond donors (Lipinski definition) is 1. The highest BCUT2D eigenvalue weighted by molar-refractivity contribution is 4.94. The zero-order chi connectivity index (χ0) is 10.8. The van der Waals surface area contributed by atoms with Gasteiger partial charge in [-0.25, -0.2) is 0 Å². The van der Waals surface area contributed by atoms with Gasteiger partial charge in [0.05, 0.1) is 5.60 Å². The Bertz CT molecular complexity index is 178. The summed E-state index contributed by atoms with van der Waals surface area (Å²) in [5.74, 6) is 1.96. The molecule has 0 amide bonds. The molecule has 1 fully saturated rings. The van der Waals surface area contributed by atoms with Gasteiger partial charge in [0.15, 0.2) is 0 Å². The molecule has 0 saturated heterocycles. The maximum atomic E-state index is 10.5. The van der Waals surface area contributed by atoms with Gasteiger partial charge in [-0.3, -0.25) is 0 Å². The van der Waals surface area contributed by atoms with Crippen molar-refractivity contribution >= 4 is 0 Å². The van der Waals surface area contributed by atoms with Crippen molar-refractivity contribution in [3.8, 4) is 0 Å². The lowest BCUT2D eigenvalue weighted by Gasteiger charge is -2.36. The van der Waals surface area contributed by atoms with E-state index in [9.17, 15) is 5.11 Å². The van der Waals surface area contributed by atoms with E-state index in [1.807, 2.05) is 0 Å². The van der Waals surface area contributed by atoms with Crippen LogP contribution in [0.25, 0.3) is 0 Å². The molecule has 0 aliphatic heterocycles. The molecule has 0 bridgehead atoms. The minimum absolute atomic E-state index is 0.344. The van der Waals surface area contributed by atoms with E-state index in [1.54, 1.807) is 0 Å². The molecule has 1 aliphatic carbocycles. The van der Waals surface area contributed by atoms with Gasteiger partial charge < -0.3 is 5.11 Å². The van der Waals surface area contributed by atoms with E-state index in [0.717, 1.165) is 18.8 Å². The minimum Gasteiger partial charge on any atom is -0.390 e. The first-order chi connectivity index (χ1) is 6.55. The second-order valence-electron chi connectivity index (χ2n) is 5.20. The normalized spacial score (nSPS) is 37.1. The fourth-order valence-corrected chi connectivity index (χ4v) is 3.04. The van der Waals surface area contributed by atoms with E-state index in [-0.39, 0.29) is 5.60 Å². The van der Waals surface area contributed by atoms with E-state index in [1.165, 1.54) is 19.3 Å². The Morgan fingerprint density at radius 3 is 2.50 bits per heavy atom. The summed E-state index contributed by atoms with van der Waals surface area (Å²) in [5, 5.41) is 10.5. The fraction of sp³-hybridized carbons (Fsp3) is 1.00. The van der Waals surface area contributed by atoms with E-state index in [2.05, 4.69) is 27.7 Å². The minimum atomic E-state index is -0.344. The molecule has 1 N–H and O–H groups in total. The molecule has 0 heterocycles. The van der Waals surface area contributed by atoms with Gasteiger partial charge in [-0.05, 0) is 37.0 Å². The Kier molecular flexibility index (Phi) is 4.00. The Balaban J connectivity index is 2.66. The van der Waals surface area contributed by atoms with Crippen LogP contribution in [0.15, 0.2) is 0 Å². The molecule has 0 spiro atoms. The van der Waals surface area contributed by atoms with Crippen LogP contribution in [0.5, 0.6) is 0 Å². The van der Waals surface area contributed by atoms with Crippen molar-refractivity contribution in [2.75, 3.05) is 0 Å². The molecule has 14 heavy (non-hydrogen) atoms. The van der Waals surface area contributed by atoms with Crippen LogP contribution in [0.4, 0.5) is 0 Å². The molecule has 0 radical (unpaired) electrons. The van der Waals surface area contributed by atoms with E-state index < -0.39 is 0 Å². The SMILES string of the molecule is CCC(C)C(C)C1CCCC1(O)CC. The van der Waals surface area contributed by atoms with Gasteiger partial charge >= 0.3 is 0 Å². The smallest absolute Gasteiger partial charge is 0.0675 e. The summed E-state index contributed by atoms with van der Waals surface area (Å²) < 4.78 is 0. The summed E-state index contributed by atoms with van der Waals surface area (Å²) in [4.78, 5) is 0. The highest BCUT2D eigenvalue weighted by Crippen LogP contribution is 2.44. The third-order valence-corrected chi connectivity index (χ3v) is 4.60. The van der Waals surface area contributed by atoms with Crippen molar-refractivity contribution in [1.29, 1.82) is 0 Å². The lowest BCUT2D eigenvalue weighted by molar-refractivity contribution is -0.0306. The Morgan fingerprint density at radius 2 is 2.00 bits per heavy atom. The van der Waals surface area contributed by atoms with E-state index in [0.29, 0.717) is 11.8 Å². The predicted molar refractivity (Wildman–Crippen MR) is 61.2 cm³/mol. The van der Waals surface area contributed by atoms with Gasteiger partial charge in [0.1, 0.15) is 0 Å². The van der Waals surface area contributed by atoms with Crippen LogP contribution < -0.4 is 0 Å². The second kappa shape index (κ2) is 4.65. The lowest BCUT2D eigenvalue weighted by Crippen LogP contribution is -2.37. The molecule has 0 aromatic carbocycles. The molecule has 1 saturated carbocycles. The molecular weight excluding hydrogens is 172 g/mol. The van der Waals surface area contributed by atoms with Gasteiger partial charge in [0.2, 0.25) is 0 Å². The van der Waals surface area contributed by atoms with Gasteiger partial charge in [-0.15, -0.1) is 0 Å². The fourth-order valence-electron chi connectivity index (χ4n) is 3.04. The second-order valence-corrected chi connectivity index (χ2v) is 5.20. The average molecular weight is 198 g/mol. The monoisotopic (exact) mass is 198 g/mol. The molecule has 0 aromatic rings. The maximum absolute atomic E-state index is 10.5. The molecule has 4 atom stereocenters. The van der Waals surface area contributed by atoms with Crippen molar-refractivity contribution in [2.45, 2.75) is 65.4 Å². The number of hydrogen-bond acceptors (Lipinski definition) is 1. The highest BCUT2D eigenvalue weighted by Gasteiger charge is 2.43. The van der Waals surface area contributed by atoms with Crippen molar-refractivity contribution in [2.24, 2.45) is 17.8 Å². The topological polar surface area (TPSA) is 20.2 Å². The summed E-state index contributed by atoms with van der Waals surface area (Å²) in [6.45, 7) is 9.02. The zero-order valence-electron chi connectivity index (χ0n) is 10.2. The lowest BCUT2D eigenvalue weighted by atomic mass is 9.74. The van der Waals surface area contributed by atoms with Gasteiger partial charge in [0.25, 0.3) is 0 Å². The van der Waals surface area contributed by atoms with Crippen LogP contribution in [0.2, 0.25) is 0 Å². The summed E-state index contributed by atoms with van der Waals surface area (Å²) in [6, 6.07) is 0. The third kappa shape index (κ3) is 2.13. The average Bonchev–Trinajstić information content (AvgIpc) is 2.59. The molecule has 0 aromatic heterocycles. The molecule has 4 unspecified atom stereocenters. The highest BCUT2D eigenvalue weighted by atomic mass is 16.3. The van der Waals surface area contributed by atoms with Crippen LogP contribution in [0.1, 0.15) is 59.8 Å². The van der Waals surface area contributed by atoms with Crippen LogP contribution in [-0.4, -0.2) is 10.7 Å². The summed E-state index contributed by atoms with van der Waals surface area (Å²) in [7, 11) is 0. The summed E-state index contributed by atoms with van der Waals surface area (Å²) in [6.07, 6.45) is 5.64. The molecule has 1 nitrogen and oxygen atoms in total. The van der Waals surface area contributed by atoms with Gasteiger partial charge in [-0.2, -0.15) is 0 Å². The van der Waals surface area contributed by atoms with Crippen LogP contribution in [0, 0.1) is 17.8 Å². The third-order valence-electron chi connectivity index (χ3n) is 4.60. The van der Waals surface area contributed by atoms with Crippen LogP contribution >= 0.6 is 0 Å². The van der Waals surface area contributed by atoms with Gasteiger partial charge in [0, 0.05) is 0 Å². The first-order valence-corrected chi connectivity index (χ1v) is 6.27. The Hall–Kier alpha value is -0.0400. The Morgan fingerprint density at radius 1 is 1.36 bits per heavy atom. The standard InChI is InChI=1S/C13H26O/c1-5-10(3)11(4)12-8-7-9-13(12,14)6-2/h10-12,14H,5-9H2,1-4H3. The van der Waals surface area contributed by atoms with Crippen molar-refractivity contribution in [3.05, 3.63) is 0 Å². The largest absolute Gasteiger partial charge is 0.390 e. The van der Waals surface area contributed by atoms with Crippen LogP contribution in [-0.2, 0) is 0 Å². The Labute approximate surface area is 88.9 Å². The molecular formula is C13H26O. The van der Waals surface area contributed by atoms with E-state index >= 15 is 0 Å². The van der Waals surface area contributed by atoms with Crippen molar-refractivity contribution < 1.29 is 5.11 Å². The van der Waals surface area contributed by atoms with E-state index in [4.69, 9.17) is 0 Å². The quantitative estimate of drug-likeness (QED) is 0.731. The molecule has 1 rings (SSSR count).